The molecule has 0 N–H and O–H groups in total. The molecule has 2 aromatic heterocycles. The molecular weight excluding hydrogens is 334 g/mol. The van der Waals surface area contributed by atoms with Crippen LogP contribution >= 0.6 is 11.6 Å². The molecule has 0 bridgehead atoms. The highest BCUT2D eigenvalue weighted by molar-refractivity contribution is 6.29. The average molecular weight is 355 g/mol. The Morgan fingerprint density at radius 2 is 1.92 bits per heavy atom. The minimum absolute atomic E-state index is 0.129. The minimum atomic E-state index is -2.64. The van der Waals surface area contributed by atoms with E-state index < -0.39 is 6.43 Å². The number of aromatic nitrogens is 2. The average Bonchev–Trinajstić information content (AvgIpc) is 2.52. The van der Waals surface area contributed by atoms with E-state index in [-0.39, 0.29) is 22.4 Å². The lowest BCUT2D eigenvalue weighted by Gasteiger charge is -2.17. The fourth-order valence-electron chi connectivity index (χ4n) is 2.57. The van der Waals surface area contributed by atoms with Gasteiger partial charge in [-0.15, -0.1) is 0 Å². The van der Waals surface area contributed by atoms with Crippen LogP contribution in [0.1, 0.15) is 39.2 Å². The van der Waals surface area contributed by atoms with E-state index in [4.69, 9.17) is 16.3 Å². The van der Waals surface area contributed by atoms with Crippen LogP contribution in [0.3, 0.4) is 0 Å². The van der Waals surface area contributed by atoms with E-state index in [0.717, 1.165) is 6.42 Å². The summed E-state index contributed by atoms with van der Waals surface area (Å²) in [5.41, 5.74) is 0.887. The first kappa shape index (κ1) is 18.6. The molecule has 0 spiro atoms. The molecule has 0 aliphatic carbocycles. The molecule has 2 heterocycles. The molecule has 2 rings (SSSR count). The maximum absolute atomic E-state index is 13.4. The summed E-state index contributed by atoms with van der Waals surface area (Å²) < 4.78 is 32.4. The Labute approximate surface area is 146 Å². The van der Waals surface area contributed by atoms with Crippen LogP contribution in [0.5, 0.6) is 5.75 Å². The van der Waals surface area contributed by atoms with Crippen molar-refractivity contribution in [2.45, 2.75) is 33.6 Å². The van der Waals surface area contributed by atoms with Gasteiger partial charge < -0.3 is 4.74 Å². The van der Waals surface area contributed by atoms with Crippen molar-refractivity contribution in [1.29, 1.82) is 0 Å². The van der Waals surface area contributed by atoms with E-state index in [1.165, 1.54) is 18.5 Å². The summed E-state index contributed by atoms with van der Waals surface area (Å²) in [4.78, 5) is 8.10. The summed E-state index contributed by atoms with van der Waals surface area (Å²) in [6.07, 6.45) is 1.21. The van der Waals surface area contributed by atoms with Gasteiger partial charge in [0.1, 0.15) is 10.9 Å². The van der Waals surface area contributed by atoms with Gasteiger partial charge in [0.15, 0.2) is 0 Å². The maximum atomic E-state index is 13.4. The van der Waals surface area contributed by atoms with Crippen molar-refractivity contribution in [1.82, 2.24) is 9.97 Å². The Kier molecular flexibility index (Phi) is 6.49. The van der Waals surface area contributed by atoms with Gasteiger partial charge in [0.25, 0.3) is 6.43 Å². The van der Waals surface area contributed by atoms with Gasteiger partial charge in [0.05, 0.1) is 24.1 Å². The van der Waals surface area contributed by atoms with Crippen molar-refractivity contribution in [2.24, 2.45) is 11.8 Å². The lowest BCUT2D eigenvalue weighted by Crippen LogP contribution is -2.12. The Hall–Kier alpha value is -1.75. The third-order valence-electron chi connectivity index (χ3n) is 3.55. The van der Waals surface area contributed by atoms with Crippen molar-refractivity contribution in [2.75, 3.05) is 6.61 Å². The molecule has 0 fully saturated rings. The van der Waals surface area contributed by atoms with Gasteiger partial charge in [-0.1, -0.05) is 32.4 Å². The second kappa shape index (κ2) is 8.38. The Morgan fingerprint density at radius 3 is 2.54 bits per heavy atom. The standard InChI is InChI=1S/C18H21ClF2N2O/c1-11(2)6-12(3)10-24-16-9-23-15(8-14(16)18(20)21)13-4-5-22-17(19)7-13/h4-5,7-9,11-12,18H,6,10H2,1-3H3. The van der Waals surface area contributed by atoms with Crippen LogP contribution in [0, 0.1) is 11.8 Å². The second-order valence-electron chi connectivity index (χ2n) is 6.32. The van der Waals surface area contributed by atoms with E-state index in [0.29, 0.717) is 23.8 Å². The second-order valence-corrected chi connectivity index (χ2v) is 6.71. The van der Waals surface area contributed by atoms with Gasteiger partial charge in [0.2, 0.25) is 0 Å². The van der Waals surface area contributed by atoms with Gasteiger partial charge in [-0.2, -0.15) is 0 Å². The molecule has 0 aromatic carbocycles. The Balaban J connectivity index is 2.21. The number of rotatable bonds is 7. The third-order valence-corrected chi connectivity index (χ3v) is 3.76. The number of alkyl halides is 2. The largest absolute Gasteiger partial charge is 0.491 e. The minimum Gasteiger partial charge on any atom is -0.491 e. The summed E-state index contributed by atoms with van der Waals surface area (Å²) >= 11 is 5.84. The summed E-state index contributed by atoms with van der Waals surface area (Å²) in [7, 11) is 0. The first-order chi connectivity index (χ1) is 11.4. The van der Waals surface area contributed by atoms with Crippen molar-refractivity contribution < 1.29 is 13.5 Å². The van der Waals surface area contributed by atoms with Crippen molar-refractivity contribution >= 4 is 11.6 Å². The summed E-state index contributed by atoms with van der Waals surface area (Å²) in [5.74, 6) is 0.953. The first-order valence-corrected chi connectivity index (χ1v) is 8.27. The zero-order valence-electron chi connectivity index (χ0n) is 14.0. The number of hydrogen-bond acceptors (Lipinski definition) is 3. The van der Waals surface area contributed by atoms with E-state index in [2.05, 4.69) is 23.8 Å². The highest BCUT2D eigenvalue weighted by Crippen LogP contribution is 2.32. The predicted molar refractivity (Wildman–Crippen MR) is 91.5 cm³/mol. The number of hydrogen-bond donors (Lipinski definition) is 0. The molecule has 1 atom stereocenters. The fraction of sp³-hybridized carbons (Fsp3) is 0.444. The number of pyridine rings is 2. The van der Waals surface area contributed by atoms with Crippen LogP contribution in [-0.4, -0.2) is 16.6 Å². The first-order valence-electron chi connectivity index (χ1n) is 7.89. The lowest BCUT2D eigenvalue weighted by molar-refractivity contribution is 0.142. The van der Waals surface area contributed by atoms with Crippen LogP contribution in [-0.2, 0) is 0 Å². The molecule has 0 saturated carbocycles. The molecular formula is C18H21ClF2N2O. The highest BCUT2D eigenvalue weighted by Gasteiger charge is 2.18. The van der Waals surface area contributed by atoms with Gasteiger partial charge in [0, 0.05) is 11.8 Å². The topological polar surface area (TPSA) is 35.0 Å². The highest BCUT2D eigenvalue weighted by atomic mass is 35.5. The summed E-state index contributed by atoms with van der Waals surface area (Å²) in [6.45, 7) is 6.68. The molecule has 3 nitrogen and oxygen atoms in total. The quantitative estimate of drug-likeness (QED) is 0.590. The monoisotopic (exact) mass is 354 g/mol. The molecule has 130 valence electrons. The zero-order chi connectivity index (χ0) is 17.7. The smallest absolute Gasteiger partial charge is 0.267 e. The molecule has 1 unspecified atom stereocenters. The van der Waals surface area contributed by atoms with Gasteiger partial charge >= 0.3 is 0 Å². The third kappa shape index (κ3) is 5.13. The van der Waals surface area contributed by atoms with Crippen molar-refractivity contribution in [3.8, 4) is 17.0 Å². The van der Waals surface area contributed by atoms with E-state index in [9.17, 15) is 8.78 Å². The SMILES string of the molecule is CC(C)CC(C)COc1cnc(-c2ccnc(Cl)c2)cc1C(F)F. The molecule has 0 aliphatic rings. The molecule has 0 amide bonds. The predicted octanol–water partition coefficient (Wildman–Crippen LogP) is 5.80. The molecule has 0 radical (unpaired) electrons. The van der Waals surface area contributed by atoms with Crippen molar-refractivity contribution in [3.63, 3.8) is 0 Å². The number of nitrogens with zero attached hydrogens (tertiary/aromatic N) is 2. The van der Waals surface area contributed by atoms with Crippen LogP contribution in [0.15, 0.2) is 30.6 Å². The summed E-state index contributed by atoms with van der Waals surface area (Å²) in [6, 6.07) is 4.61. The normalized spacial score (nSPS) is 12.7. The molecule has 0 saturated heterocycles. The van der Waals surface area contributed by atoms with E-state index in [1.54, 1.807) is 12.1 Å². The van der Waals surface area contributed by atoms with Gasteiger partial charge in [-0.25, -0.2) is 13.8 Å². The van der Waals surface area contributed by atoms with Crippen LogP contribution in [0.25, 0.3) is 11.3 Å². The zero-order valence-corrected chi connectivity index (χ0v) is 14.7. The Morgan fingerprint density at radius 1 is 1.17 bits per heavy atom. The maximum Gasteiger partial charge on any atom is 0.267 e. The van der Waals surface area contributed by atoms with Gasteiger partial charge in [-0.3, -0.25) is 4.98 Å². The van der Waals surface area contributed by atoms with Crippen LogP contribution in [0.4, 0.5) is 8.78 Å². The fourth-order valence-corrected chi connectivity index (χ4v) is 2.75. The lowest BCUT2D eigenvalue weighted by atomic mass is 10.00. The molecule has 2 aromatic rings. The molecule has 24 heavy (non-hydrogen) atoms. The van der Waals surface area contributed by atoms with Crippen LogP contribution in [0.2, 0.25) is 5.15 Å². The summed E-state index contributed by atoms with van der Waals surface area (Å²) in [5, 5.41) is 0.288. The van der Waals surface area contributed by atoms with Gasteiger partial charge in [-0.05, 0) is 36.5 Å². The van der Waals surface area contributed by atoms with Crippen LogP contribution < -0.4 is 4.74 Å². The number of ether oxygens (including phenoxy) is 1. The van der Waals surface area contributed by atoms with E-state index >= 15 is 0 Å². The van der Waals surface area contributed by atoms with E-state index in [1.807, 2.05) is 6.92 Å². The van der Waals surface area contributed by atoms with Crippen molar-refractivity contribution in [3.05, 3.63) is 41.3 Å². The Bertz CT molecular complexity index is 680. The number of halogens is 3. The molecule has 6 heteroatoms. The molecule has 0 aliphatic heterocycles.